The van der Waals surface area contributed by atoms with Crippen LogP contribution in [-0.2, 0) is 14.3 Å². The maximum Gasteiger partial charge on any atom is 0.264 e. The summed E-state index contributed by atoms with van der Waals surface area (Å²) in [6, 6.07) is 0. The molecule has 0 spiro atoms. The Balaban J connectivity index is 2.51. The summed E-state index contributed by atoms with van der Waals surface area (Å²) >= 11 is 0. The molecule has 6 heteroatoms. The van der Waals surface area contributed by atoms with Gasteiger partial charge in [0, 0.05) is 13.5 Å². The third kappa shape index (κ3) is 2.40. The molecule has 0 aromatic carbocycles. The first-order valence-electron chi connectivity index (χ1n) is 4.02. The number of ether oxygens (including phenoxy) is 1. The Morgan fingerprint density at radius 3 is 2.85 bits per heavy atom. The normalized spacial score (nSPS) is 22.6. The Bertz CT molecular complexity index is 219. The standard InChI is InChI=1S/C7H13N3O3/c1-5(11)10-2-3-13-6(4-10)7(12)9-8/h6H,2-4,8H2,1H3,(H,9,12). The molecule has 1 rings (SSSR count). The molecule has 1 aliphatic heterocycles. The lowest BCUT2D eigenvalue weighted by molar-refractivity contribution is -0.146. The molecule has 0 bridgehead atoms. The highest BCUT2D eigenvalue weighted by Crippen LogP contribution is 2.04. The summed E-state index contributed by atoms with van der Waals surface area (Å²) in [6.45, 7) is 2.64. The molecular weight excluding hydrogens is 174 g/mol. The van der Waals surface area contributed by atoms with Gasteiger partial charge >= 0.3 is 0 Å². The average molecular weight is 187 g/mol. The van der Waals surface area contributed by atoms with Crippen molar-refractivity contribution in [3.8, 4) is 0 Å². The van der Waals surface area contributed by atoms with Gasteiger partial charge in [0.25, 0.3) is 5.91 Å². The van der Waals surface area contributed by atoms with Gasteiger partial charge in [-0.25, -0.2) is 5.84 Å². The maximum absolute atomic E-state index is 11.0. The van der Waals surface area contributed by atoms with Gasteiger partial charge in [0.05, 0.1) is 13.2 Å². The maximum atomic E-state index is 11.0. The number of carbonyl (C=O) groups excluding carboxylic acids is 2. The smallest absolute Gasteiger partial charge is 0.264 e. The van der Waals surface area contributed by atoms with E-state index in [1.165, 1.54) is 6.92 Å². The average Bonchev–Trinajstić information content (AvgIpc) is 2.17. The minimum absolute atomic E-state index is 0.0573. The van der Waals surface area contributed by atoms with E-state index >= 15 is 0 Å². The van der Waals surface area contributed by atoms with Crippen LogP contribution in [0, 0.1) is 0 Å². The van der Waals surface area contributed by atoms with Crippen LogP contribution in [0.5, 0.6) is 0 Å². The number of nitrogens with one attached hydrogen (secondary N) is 1. The highest BCUT2D eigenvalue weighted by molar-refractivity contribution is 5.81. The van der Waals surface area contributed by atoms with E-state index in [0.717, 1.165) is 0 Å². The van der Waals surface area contributed by atoms with Gasteiger partial charge in [0.2, 0.25) is 5.91 Å². The second-order valence-corrected chi connectivity index (χ2v) is 2.83. The predicted molar refractivity (Wildman–Crippen MR) is 44.3 cm³/mol. The quantitative estimate of drug-likeness (QED) is 0.289. The minimum atomic E-state index is -0.636. The Morgan fingerprint density at radius 1 is 1.62 bits per heavy atom. The Kier molecular flexibility index (Phi) is 3.21. The fourth-order valence-electron chi connectivity index (χ4n) is 1.19. The second-order valence-electron chi connectivity index (χ2n) is 2.83. The molecule has 13 heavy (non-hydrogen) atoms. The van der Waals surface area contributed by atoms with Crippen molar-refractivity contribution in [2.24, 2.45) is 5.84 Å². The third-order valence-corrected chi connectivity index (χ3v) is 1.95. The molecule has 74 valence electrons. The van der Waals surface area contributed by atoms with Crippen LogP contribution < -0.4 is 11.3 Å². The van der Waals surface area contributed by atoms with Crippen molar-refractivity contribution in [3.05, 3.63) is 0 Å². The number of nitrogens with two attached hydrogens (primary N) is 1. The van der Waals surface area contributed by atoms with Crippen LogP contribution in [0.4, 0.5) is 0 Å². The summed E-state index contributed by atoms with van der Waals surface area (Å²) in [6.07, 6.45) is -0.636. The number of hydrazine groups is 1. The van der Waals surface area contributed by atoms with Crippen molar-refractivity contribution in [3.63, 3.8) is 0 Å². The molecule has 6 nitrogen and oxygen atoms in total. The van der Waals surface area contributed by atoms with Crippen LogP contribution >= 0.6 is 0 Å². The Morgan fingerprint density at radius 2 is 2.31 bits per heavy atom. The van der Waals surface area contributed by atoms with Crippen LogP contribution in [0.25, 0.3) is 0 Å². The summed E-state index contributed by atoms with van der Waals surface area (Å²) in [5.74, 6) is 4.49. The second kappa shape index (κ2) is 4.20. The molecule has 2 amide bonds. The lowest BCUT2D eigenvalue weighted by Crippen LogP contribution is -2.52. The molecular formula is C7H13N3O3. The largest absolute Gasteiger partial charge is 0.365 e. The highest BCUT2D eigenvalue weighted by Gasteiger charge is 2.26. The molecule has 1 heterocycles. The molecule has 1 aliphatic rings. The van der Waals surface area contributed by atoms with E-state index in [1.807, 2.05) is 5.43 Å². The van der Waals surface area contributed by atoms with Gasteiger partial charge in [-0.3, -0.25) is 15.0 Å². The van der Waals surface area contributed by atoms with Crippen LogP contribution in [0.1, 0.15) is 6.92 Å². The molecule has 1 saturated heterocycles. The van der Waals surface area contributed by atoms with Gasteiger partial charge in [0.15, 0.2) is 6.10 Å². The van der Waals surface area contributed by atoms with Gasteiger partial charge in [-0.05, 0) is 0 Å². The van der Waals surface area contributed by atoms with Crippen molar-refractivity contribution < 1.29 is 14.3 Å². The number of morpholine rings is 1. The number of nitrogens with zero attached hydrogens (tertiary/aromatic N) is 1. The predicted octanol–water partition coefficient (Wildman–Crippen LogP) is -1.78. The number of rotatable bonds is 1. The lowest BCUT2D eigenvalue weighted by atomic mass is 10.2. The molecule has 0 radical (unpaired) electrons. The highest BCUT2D eigenvalue weighted by atomic mass is 16.5. The lowest BCUT2D eigenvalue weighted by Gasteiger charge is -2.30. The molecule has 0 saturated carbocycles. The molecule has 0 aromatic rings. The first-order valence-corrected chi connectivity index (χ1v) is 4.02. The molecule has 0 aromatic heterocycles. The van der Waals surface area contributed by atoms with Crippen LogP contribution in [0.2, 0.25) is 0 Å². The zero-order valence-corrected chi connectivity index (χ0v) is 7.45. The zero-order valence-electron chi connectivity index (χ0n) is 7.45. The van der Waals surface area contributed by atoms with Crippen molar-refractivity contribution in [1.82, 2.24) is 10.3 Å². The third-order valence-electron chi connectivity index (χ3n) is 1.95. The molecule has 1 unspecified atom stereocenters. The summed E-state index contributed by atoms with van der Waals surface area (Å²) in [7, 11) is 0. The number of hydrogen-bond donors (Lipinski definition) is 2. The summed E-state index contributed by atoms with van der Waals surface area (Å²) in [5, 5.41) is 0. The number of hydrogen-bond acceptors (Lipinski definition) is 4. The van der Waals surface area contributed by atoms with E-state index in [9.17, 15) is 9.59 Å². The SMILES string of the molecule is CC(=O)N1CCOC(C(=O)NN)C1. The summed E-state index contributed by atoms with van der Waals surface area (Å²) < 4.78 is 5.13. The van der Waals surface area contributed by atoms with E-state index in [-0.39, 0.29) is 12.5 Å². The topological polar surface area (TPSA) is 84.7 Å². The van der Waals surface area contributed by atoms with Gasteiger partial charge in [0.1, 0.15) is 0 Å². The van der Waals surface area contributed by atoms with E-state index in [1.54, 1.807) is 4.90 Å². The Hall–Kier alpha value is -1.14. The summed E-state index contributed by atoms with van der Waals surface area (Å²) in [4.78, 5) is 23.6. The Labute approximate surface area is 76.0 Å². The van der Waals surface area contributed by atoms with Gasteiger partial charge < -0.3 is 9.64 Å². The monoisotopic (exact) mass is 187 g/mol. The van der Waals surface area contributed by atoms with Crippen LogP contribution in [-0.4, -0.2) is 42.5 Å². The first kappa shape index (κ1) is 9.94. The molecule has 1 atom stereocenters. The molecule has 1 fully saturated rings. The van der Waals surface area contributed by atoms with Crippen LogP contribution in [0.3, 0.4) is 0 Å². The van der Waals surface area contributed by atoms with Crippen molar-refractivity contribution in [1.29, 1.82) is 0 Å². The van der Waals surface area contributed by atoms with Crippen molar-refractivity contribution in [2.45, 2.75) is 13.0 Å². The van der Waals surface area contributed by atoms with Crippen molar-refractivity contribution >= 4 is 11.8 Å². The zero-order chi connectivity index (χ0) is 9.84. The van der Waals surface area contributed by atoms with E-state index < -0.39 is 12.0 Å². The van der Waals surface area contributed by atoms with E-state index in [4.69, 9.17) is 10.6 Å². The number of carbonyl (C=O) groups is 2. The van der Waals surface area contributed by atoms with Crippen LogP contribution in [0.15, 0.2) is 0 Å². The first-order chi connectivity index (χ1) is 6.15. The fourth-order valence-corrected chi connectivity index (χ4v) is 1.19. The van der Waals surface area contributed by atoms with Gasteiger partial charge in [-0.15, -0.1) is 0 Å². The fraction of sp³-hybridized carbons (Fsp3) is 0.714. The number of amides is 2. The van der Waals surface area contributed by atoms with E-state index in [2.05, 4.69) is 0 Å². The summed E-state index contributed by atoms with van der Waals surface area (Å²) in [5.41, 5.74) is 1.99. The van der Waals surface area contributed by atoms with Gasteiger partial charge in [-0.1, -0.05) is 0 Å². The molecule has 0 aliphatic carbocycles. The molecule has 3 N–H and O–H groups in total. The van der Waals surface area contributed by atoms with E-state index in [0.29, 0.717) is 13.2 Å². The van der Waals surface area contributed by atoms with Gasteiger partial charge in [-0.2, -0.15) is 0 Å². The van der Waals surface area contributed by atoms with Crippen molar-refractivity contribution in [2.75, 3.05) is 19.7 Å². The minimum Gasteiger partial charge on any atom is -0.365 e.